The van der Waals surface area contributed by atoms with Crippen molar-refractivity contribution >= 4 is 32.4 Å². The number of aromatic nitrogens is 2. The zero-order valence-corrected chi connectivity index (χ0v) is 11.3. The van der Waals surface area contributed by atoms with Crippen molar-refractivity contribution in [2.24, 2.45) is 0 Å². The van der Waals surface area contributed by atoms with E-state index in [2.05, 4.69) is 10.2 Å². The van der Waals surface area contributed by atoms with Crippen molar-refractivity contribution in [1.82, 2.24) is 10.2 Å². The Morgan fingerprint density at radius 2 is 2.31 bits per heavy atom. The number of rotatable bonds is 2. The lowest BCUT2D eigenvalue weighted by Crippen LogP contribution is -2.23. The lowest BCUT2D eigenvalue weighted by Gasteiger charge is -2.20. The summed E-state index contributed by atoms with van der Waals surface area (Å²) in [6.07, 6.45) is 2.42. The summed E-state index contributed by atoms with van der Waals surface area (Å²) >= 11 is 1.50. The van der Waals surface area contributed by atoms with Gasteiger partial charge in [-0.2, -0.15) is 5.10 Å². The number of sulfone groups is 1. The molecule has 0 radical (unpaired) electrons. The molecule has 0 amide bonds. The normalized spacial score (nSPS) is 30.8. The highest BCUT2D eigenvalue weighted by molar-refractivity contribution is 8.14. The first-order chi connectivity index (χ1) is 7.36. The Morgan fingerprint density at radius 1 is 1.62 bits per heavy atom. The highest BCUT2D eigenvalue weighted by Crippen LogP contribution is 2.45. The SMILES string of the molecule is CC1(c2[nH]ncc2S(C)(=O)=O)SCCS1=O. The third kappa shape index (κ3) is 1.82. The predicted molar refractivity (Wildman–Crippen MR) is 64.5 cm³/mol. The monoisotopic (exact) mass is 280 g/mol. The molecule has 0 aliphatic carbocycles. The Labute approximate surface area is 101 Å². The van der Waals surface area contributed by atoms with Gasteiger partial charge < -0.3 is 0 Å². The van der Waals surface area contributed by atoms with Gasteiger partial charge in [-0.25, -0.2) is 8.42 Å². The quantitative estimate of drug-likeness (QED) is 0.852. The molecule has 2 unspecified atom stereocenters. The predicted octanol–water partition coefficient (Wildman–Crippen LogP) is 0.481. The summed E-state index contributed by atoms with van der Waals surface area (Å²) in [7, 11) is -4.40. The van der Waals surface area contributed by atoms with Gasteiger partial charge in [0.1, 0.15) is 8.97 Å². The van der Waals surface area contributed by atoms with E-state index in [9.17, 15) is 12.6 Å². The van der Waals surface area contributed by atoms with Crippen molar-refractivity contribution < 1.29 is 12.6 Å². The van der Waals surface area contributed by atoms with Crippen LogP contribution in [0.5, 0.6) is 0 Å². The fourth-order valence-corrected chi connectivity index (χ4v) is 6.06. The van der Waals surface area contributed by atoms with E-state index in [0.717, 1.165) is 12.0 Å². The van der Waals surface area contributed by atoms with E-state index in [-0.39, 0.29) is 4.90 Å². The lowest BCUT2D eigenvalue weighted by molar-refractivity contribution is 0.600. The van der Waals surface area contributed by atoms with Crippen LogP contribution in [0.4, 0.5) is 0 Å². The van der Waals surface area contributed by atoms with E-state index in [4.69, 9.17) is 0 Å². The van der Waals surface area contributed by atoms with E-state index >= 15 is 0 Å². The molecular formula is C8H12N2O3S3. The summed E-state index contributed by atoms with van der Waals surface area (Å²) in [6.45, 7) is 1.79. The maximum absolute atomic E-state index is 11.9. The van der Waals surface area contributed by atoms with Crippen LogP contribution in [0.2, 0.25) is 0 Å². The maximum Gasteiger partial charge on any atom is 0.178 e. The molecule has 1 N–H and O–H groups in total. The highest BCUT2D eigenvalue weighted by atomic mass is 32.2. The maximum atomic E-state index is 11.9. The highest BCUT2D eigenvalue weighted by Gasteiger charge is 2.43. The molecule has 2 atom stereocenters. The van der Waals surface area contributed by atoms with Crippen LogP contribution in [0, 0.1) is 0 Å². The molecule has 2 rings (SSSR count). The molecule has 0 bridgehead atoms. The molecule has 2 heterocycles. The standard InChI is InChI=1S/C8H12N2O3S3/c1-8(14-3-4-15(8)11)7-6(5-9-10-7)16(2,12)13/h5H,3-4H2,1-2H3,(H,9,10). The van der Waals surface area contributed by atoms with E-state index < -0.39 is 24.7 Å². The fraction of sp³-hybridized carbons (Fsp3) is 0.625. The number of nitrogens with zero attached hydrogens (tertiary/aromatic N) is 1. The third-order valence-corrected chi connectivity index (χ3v) is 7.63. The fourth-order valence-electron chi connectivity index (χ4n) is 1.64. The van der Waals surface area contributed by atoms with Crippen LogP contribution >= 0.6 is 11.8 Å². The summed E-state index contributed by atoms with van der Waals surface area (Å²) in [4.78, 5) is 0.151. The molecule has 1 aromatic heterocycles. The molecule has 1 aromatic rings. The number of nitrogens with one attached hydrogen (secondary N) is 1. The molecule has 1 fully saturated rings. The topological polar surface area (TPSA) is 79.9 Å². The Hall–Kier alpha value is -0.340. The van der Waals surface area contributed by atoms with Crippen LogP contribution in [0.15, 0.2) is 11.1 Å². The Kier molecular flexibility index (Phi) is 2.92. The van der Waals surface area contributed by atoms with Crippen LogP contribution in [0.25, 0.3) is 0 Å². The van der Waals surface area contributed by atoms with Crippen molar-refractivity contribution in [2.45, 2.75) is 15.9 Å². The molecule has 0 saturated carbocycles. The second kappa shape index (κ2) is 3.85. The molecule has 0 spiro atoms. The first-order valence-corrected chi connectivity index (χ1v) is 8.81. The number of aromatic amines is 1. The lowest BCUT2D eigenvalue weighted by atomic mass is 10.3. The summed E-state index contributed by atoms with van der Waals surface area (Å²) in [5, 5.41) is 6.44. The van der Waals surface area contributed by atoms with E-state index in [0.29, 0.717) is 11.4 Å². The minimum Gasteiger partial charge on any atom is -0.279 e. The zero-order valence-electron chi connectivity index (χ0n) is 8.89. The largest absolute Gasteiger partial charge is 0.279 e. The van der Waals surface area contributed by atoms with Crippen LogP contribution < -0.4 is 0 Å². The molecule has 1 aliphatic rings. The van der Waals surface area contributed by atoms with Crippen molar-refractivity contribution in [3.05, 3.63) is 11.9 Å². The summed E-state index contributed by atoms with van der Waals surface area (Å²) in [5.41, 5.74) is 0.454. The van der Waals surface area contributed by atoms with E-state index in [1.807, 2.05) is 0 Å². The second-order valence-electron chi connectivity index (χ2n) is 3.73. The molecule has 5 nitrogen and oxygen atoms in total. The number of H-pyrrole nitrogens is 1. The van der Waals surface area contributed by atoms with Crippen LogP contribution in [-0.4, -0.2) is 40.6 Å². The first-order valence-electron chi connectivity index (χ1n) is 4.62. The minimum atomic E-state index is -3.33. The molecule has 1 saturated heterocycles. The van der Waals surface area contributed by atoms with Gasteiger partial charge in [0.25, 0.3) is 0 Å². The molecule has 8 heteroatoms. The van der Waals surface area contributed by atoms with Gasteiger partial charge in [-0.3, -0.25) is 9.31 Å². The van der Waals surface area contributed by atoms with Gasteiger partial charge in [-0.15, -0.1) is 11.8 Å². The van der Waals surface area contributed by atoms with Crippen LogP contribution in [0.3, 0.4) is 0 Å². The Morgan fingerprint density at radius 3 is 2.81 bits per heavy atom. The average Bonchev–Trinajstić information content (AvgIpc) is 2.73. The zero-order chi connectivity index (χ0) is 12.0. The van der Waals surface area contributed by atoms with Gasteiger partial charge in [0.15, 0.2) is 9.84 Å². The summed E-state index contributed by atoms with van der Waals surface area (Å²) in [5.74, 6) is 1.36. The number of hydrogen-bond donors (Lipinski definition) is 1. The Balaban J connectivity index is 2.58. The molecular weight excluding hydrogens is 268 g/mol. The van der Waals surface area contributed by atoms with Crippen molar-refractivity contribution in [3.63, 3.8) is 0 Å². The van der Waals surface area contributed by atoms with Crippen LogP contribution in [0.1, 0.15) is 12.6 Å². The van der Waals surface area contributed by atoms with E-state index in [1.165, 1.54) is 18.0 Å². The molecule has 16 heavy (non-hydrogen) atoms. The van der Waals surface area contributed by atoms with Crippen molar-refractivity contribution in [2.75, 3.05) is 17.8 Å². The summed E-state index contributed by atoms with van der Waals surface area (Å²) < 4.78 is 34.3. The summed E-state index contributed by atoms with van der Waals surface area (Å²) in [6, 6.07) is 0. The smallest absolute Gasteiger partial charge is 0.178 e. The first kappa shape index (κ1) is 12.1. The van der Waals surface area contributed by atoms with Gasteiger partial charge >= 0.3 is 0 Å². The van der Waals surface area contributed by atoms with E-state index in [1.54, 1.807) is 6.92 Å². The third-order valence-electron chi connectivity index (χ3n) is 2.54. The Bertz CT molecular complexity index is 536. The number of thioether (sulfide) groups is 1. The van der Waals surface area contributed by atoms with Crippen LogP contribution in [-0.2, 0) is 24.7 Å². The number of hydrogen-bond acceptors (Lipinski definition) is 5. The van der Waals surface area contributed by atoms with Crippen molar-refractivity contribution in [1.29, 1.82) is 0 Å². The van der Waals surface area contributed by atoms with Gasteiger partial charge in [0, 0.05) is 28.6 Å². The van der Waals surface area contributed by atoms with Gasteiger partial charge in [0.05, 0.1) is 11.9 Å². The molecule has 90 valence electrons. The minimum absolute atomic E-state index is 0.151. The second-order valence-corrected chi connectivity index (χ2v) is 9.40. The average molecular weight is 280 g/mol. The molecule has 1 aliphatic heterocycles. The molecule has 0 aromatic carbocycles. The van der Waals surface area contributed by atoms with Gasteiger partial charge in [-0.05, 0) is 6.92 Å². The van der Waals surface area contributed by atoms with Gasteiger partial charge in [0.2, 0.25) is 0 Å². The van der Waals surface area contributed by atoms with Gasteiger partial charge in [-0.1, -0.05) is 0 Å². The van der Waals surface area contributed by atoms with Crippen molar-refractivity contribution in [3.8, 4) is 0 Å².